The Morgan fingerprint density at radius 1 is 1.00 bits per heavy atom. The normalized spacial score (nSPS) is 16.8. The fourth-order valence-electron chi connectivity index (χ4n) is 2.02. The average Bonchev–Trinajstić information content (AvgIpc) is 2.00. The summed E-state index contributed by atoms with van der Waals surface area (Å²) < 4.78 is 0. The second-order valence-corrected chi connectivity index (χ2v) is 6.55. The topological polar surface area (TPSA) is 20.2 Å². The van der Waals surface area contributed by atoms with Crippen molar-refractivity contribution in [1.29, 1.82) is 0 Å². The molecule has 1 N–H and O–H groups in total. The molecule has 0 aliphatic carbocycles. The van der Waals surface area contributed by atoms with Gasteiger partial charge in [0.05, 0.1) is 6.10 Å². The van der Waals surface area contributed by atoms with E-state index in [0.29, 0.717) is 0 Å². The van der Waals surface area contributed by atoms with E-state index < -0.39 is 0 Å². The summed E-state index contributed by atoms with van der Waals surface area (Å²) in [7, 11) is 0. The van der Waals surface area contributed by atoms with Gasteiger partial charge in [0.15, 0.2) is 0 Å². The predicted octanol–water partition coefficient (Wildman–Crippen LogP) is 4.25. The number of aliphatic hydroxyl groups excluding tert-OH is 1. The van der Waals surface area contributed by atoms with Gasteiger partial charge in [-0.2, -0.15) is 0 Å². The van der Waals surface area contributed by atoms with Crippen LogP contribution in [0.2, 0.25) is 0 Å². The van der Waals surface area contributed by atoms with E-state index in [1.807, 2.05) is 0 Å². The van der Waals surface area contributed by atoms with E-state index in [1.54, 1.807) is 0 Å². The lowest BCUT2D eigenvalue weighted by Crippen LogP contribution is -2.25. The summed E-state index contributed by atoms with van der Waals surface area (Å²) in [5.74, 6) is 1.60. The van der Waals surface area contributed by atoms with Crippen molar-refractivity contribution >= 4 is 0 Å². The molecule has 92 valence electrons. The van der Waals surface area contributed by atoms with Gasteiger partial charge in [-0.1, -0.05) is 54.4 Å². The molecule has 0 heterocycles. The van der Waals surface area contributed by atoms with Gasteiger partial charge in [0, 0.05) is 0 Å². The Hall–Kier alpha value is -0.0400. The van der Waals surface area contributed by atoms with E-state index in [4.69, 9.17) is 0 Å². The second kappa shape index (κ2) is 6.52. The van der Waals surface area contributed by atoms with Crippen molar-refractivity contribution in [1.82, 2.24) is 0 Å². The van der Waals surface area contributed by atoms with Crippen LogP contribution >= 0.6 is 0 Å². The van der Waals surface area contributed by atoms with E-state index in [0.717, 1.165) is 24.7 Å². The highest BCUT2D eigenvalue weighted by molar-refractivity contribution is 4.72. The van der Waals surface area contributed by atoms with Crippen LogP contribution < -0.4 is 0 Å². The second-order valence-electron chi connectivity index (χ2n) is 6.55. The van der Waals surface area contributed by atoms with E-state index in [9.17, 15) is 5.11 Å². The summed E-state index contributed by atoms with van der Waals surface area (Å²) in [6.07, 6.45) is 4.53. The van der Waals surface area contributed by atoms with E-state index in [-0.39, 0.29) is 11.5 Å². The third-order valence-electron chi connectivity index (χ3n) is 3.05. The Bertz CT molecular complexity index is 155. The molecule has 0 rings (SSSR count). The number of aliphatic hydroxyl groups is 1. The zero-order valence-corrected chi connectivity index (χ0v) is 11.5. The first-order valence-electron chi connectivity index (χ1n) is 6.41. The Labute approximate surface area is 96.3 Å². The molecule has 0 aliphatic rings. The molecular weight excluding hydrogens is 184 g/mol. The minimum Gasteiger partial charge on any atom is -0.393 e. The molecule has 0 saturated heterocycles. The average molecular weight is 214 g/mol. The molecule has 0 amide bonds. The number of hydrogen-bond acceptors (Lipinski definition) is 1. The molecule has 0 bridgehead atoms. The molecule has 2 atom stereocenters. The number of hydrogen-bond donors (Lipinski definition) is 1. The maximum Gasteiger partial charge on any atom is 0.0588 e. The maximum absolute atomic E-state index is 9.88. The quantitative estimate of drug-likeness (QED) is 0.701. The van der Waals surface area contributed by atoms with Gasteiger partial charge in [0.2, 0.25) is 0 Å². The van der Waals surface area contributed by atoms with Crippen LogP contribution in [0.3, 0.4) is 0 Å². The molecule has 0 aromatic rings. The maximum atomic E-state index is 9.88. The molecule has 2 unspecified atom stereocenters. The van der Waals surface area contributed by atoms with Crippen LogP contribution in [0.1, 0.15) is 67.2 Å². The van der Waals surface area contributed by atoms with Crippen molar-refractivity contribution in [2.75, 3.05) is 0 Å². The lowest BCUT2D eigenvalue weighted by molar-refractivity contribution is 0.0524. The fourth-order valence-corrected chi connectivity index (χ4v) is 2.02. The van der Waals surface area contributed by atoms with Crippen LogP contribution in [0.5, 0.6) is 0 Å². The Kier molecular flexibility index (Phi) is 6.51. The van der Waals surface area contributed by atoms with Crippen LogP contribution in [0.15, 0.2) is 0 Å². The third kappa shape index (κ3) is 7.84. The highest BCUT2D eigenvalue weighted by atomic mass is 16.3. The highest BCUT2D eigenvalue weighted by Crippen LogP contribution is 2.25. The van der Waals surface area contributed by atoms with Gasteiger partial charge < -0.3 is 5.11 Å². The lowest BCUT2D eigenvalue weighted by atomic mass is 9.85. The Balaban J connectivity index is 3.62. The molecule has 0 fully saturated rings. The van der Waals surface area contributed by atoms with Crippen LogP contribution in [-0.2, 0) is 0 Å². The van der Waals surface area contributed by atoms with E-state index in [1.165, 1.54) is 12.8 Å². The first-order valence-corrected chi connectivity index (χ1v) is 6.41. The minimum absolute atomic E-state index is 0.0429. The Morgan fingerprint density at radius 3 is 1.93 bits per heavy atom. The van der Waals surface area contributed by atoms with Crippen LogP contribution in [0.4, 0.5) is 0 Å². The number of rotatable bonds is 6. The largest absolute Gasteiger partial charge is 0.393 e. The SMILES string of the molecule is CC(C)CC(C)CCCC(O)C(C)(C)C. The Morgan fingerprint density at radius 2 is 1.53 bits per heavy atom. The zero-order chi connectivity index (χ0) is 12.1. The standard InChI is InChI=1S/C14H30O/c1-11(2)10-12(3)8-7-9-13(15)14(4,5)6/h11-13,15H,7-10H2,1-6H3. The van der Waals surface area contributed by atoms with E-state index >= 15 is 0 Å². The van der Waals surface area contributed by atoms with Gasteiger partial charge in [-0.05, 0) is 30.1 Å². The smallest absolute Gasteiger partial charge is 0.0588 e. The zero-order valence-electron chi connectivity index (χ0n) is 11.5. The summed E-state index contributed by atoms with van der Waals surface area (Å²) >= 11 is 0. The molecule has 0 aromatic carbocycles. The molecule has 0 radical (unpaired) electrons. The molecule has 0 saturated carbocycles. The molecular formula is C14H30O. The van der Waals surface area contributed by atoms with Crippen molar-refractivity contribution in [2.45, 2.75) is 73.3 Å². The third-order valence-corrected chi connectivity index (χ3v) is 3.05. The van der Waals surface area contributed by atoms with Crippen LogP contribution in [-0.4, -0.2) is 11.2 Å². The summed E-state index contributed by atoms with van der Waals surface area (Å²) in [4.78, 5) is 0. The van der Waals surface area contributed by atoms with Crippen molar-refractivity contribution in [3.63, 3.8) is 0 Å². The summed E-state index contributed by atoms with van der Waals surface area (Å²) in [6.45, 7) is 13.2. The lowest BCUT2D eigenvalue weighted by Gasteiger charge is -2.26. The van der Waals surface area contributed by atoms with Gasteiger partial charge in [-0.3, -0.25) is 0 Å². The predicted molar refractivity (Wildman–Crippen MR) is 67.9 cm³/mol. The molecule has 1 nitrogen and oxygen atoms in total. The monoisotopic (exact) mass is 214 g/mol. The van der Waals surface area contributed by atoms with Crippen molar-refractivity contribution in [2.24, 2.45) is 17.3 Å². The summed E-state index contributed by atoms with van der Waals surface area (Å²) in [5, 5.41) is 9.88. The van der Waals surface area contributed by atoms with Crippen LogP contribution in [0.25, 0.3) is 0 Å². The summed E-state index contributed by atoms with van der Waals surface area (Å²) in [5.41, 5.74) is 0.0429. The molecule has 0 spiro atoms. The van der Waals surface area contributed by atoms with Gasteiger partial charge in [0.1, 0.15) is 0 Å². The van der Waals surface area contributed by atoms with Crippen molar-refractivity contribution in [3.8, 4) is 0 Å². The van der Waals surface area contributed by atoms with Crippen molar-refractivity contribution in [3.05, 3.63) is 0 Å². The van der Waals surface area contributed by atoms with Crippen LogP contribution in [0, 0.1) is 17.3 Å². The summed E-state index contributed by atoms with van der Waals surface area (Å²) in [6, 6.07) is 0. The molecule has 0 aliphatic heterocycles. The molecule has 15 heavy (non-hydrogen) atoms. The molecule has 1 heteroatoms. The van der Waals surface area contributed by atoms with Gasteiger partial charge in [0.25, 0.3) is 0 Å². The van der Waals surface area contributed by atoms with Gasteiger partial charge >= 0.3 is 0 Å². The minimum atomic E-state index is -0.149. The van der Waals surface area contributed by atoms with Crippen molar-refractivity contribution < 1.29 is 5.11 Å². The fraction of sp³-hybridized carbons (Fsp3) is 1.00. The first-order chi connectivity index (χ1) is 6.73. The van der Waals surface area contributed by atoms with Gasteiger partial charge in [-0.25, -0.2) is 0 Å². The van der Waals surface area contributed by atoms with Gasteiger partial charge in [-0.15, -0.1) is 0 Å². The van der Waals surface area contributed by atoms with E-state index in [2.05, 4.69) is 41.5 Å². The molecule has 0 aromatic heterocycles. The first kappa shape index (κ1) is 15.0. The highest BCUT2D eigenvalue weighted by Gasteiger charge is 2.21.